The monoisotopic (exact) mass is 354 g/mol. The van der Waals surface area contributed by atoms with Crippen molar-refractivity contribution in [2.24, 2.45) is 0 Å². The number of aliphatic hydroxyl groups excluding tert-OH is 1. The lowest BCUT2D eigenvalue weighted by Crippen LogP contribution is -2.36. The largest absolute Gasteiger partial charge is 0.444 e. The van der Waals surface area contributed by atoms with E-state index in [2.05, 4.69) is 26.2 Å². The van der Waals surface area contributed by atoms with Crippen molar-refractivity contribution < 1.29 is 14.6 Å². The minimum atomic E-state index is -0.574. The first-order chi connectivity index (χ1) is 9.80. The number of nitrogens with one attached hydrogen (secondary N) is 2. The Morgan fingerprint density at radius 2 is 2.19 bits per heavy atom. The summed E-state index contributed by atoms with van der Waals surface area (Å²) < 4.78 is 6.18. The Hall–Kier alpha value is -1.53. The molecule has 114 valence electrons. The highest BCUT2D eigenvalue weighted by atomic mass is 79.9. The highest BCUT2D eigenvalue weighted by Gasteiger charge is 2.21. The van der Waals surface area contributed by atoms with Crippen LogP contribution in [0.3, 0.4) is 0 Å². The molecule has 0 saturated carbocycles. The number of aromatic nitrogens is 1. The van der Waals surface area contributed by atoms with Crippen LogP contribution in [0.15, 0.2) is 28.9 Å². The first-order valence-electron chi connectivity index (χ1n) is 6.67. The second kappa shape index (κ2) is 6.07. The zero-order chi connectivity index (χ0) is 15.6. The molecule has 0 spiro atoms. The number of halogens is 1. The maximum atomic E-state index is 11.9. The number of aromatic amines is 1. The molecule has 3 N–H and O–H groups in total. The molecule has 0 aliphatic heterocycles. The van der Waals surface area contributed by atoms with Gasteiger partial charge in [0, 0.05) is 27.1 Å². The summed E-state index contributed by atoms with van der Waals surface area (Å²) in [5.41, 5.74) is 1.18. The predicted molar refractivity (Wildman–Crippen MR) is 85.2 cm³/mol. The molecular weight excluding hydrogens is 336 g/mol. The molecule has 0 saturated heterocycles. The normalized spacial score (nSPS) is 13.2. The van der Waals surface area contributed by atoms with Crippen LogP contribution in [0, 0.1) is 0 Å². The number of alkyl carbamates (subject to hydrolysis) is 1. The molecule has 5 nitrogen and oxygen atoms in total. The summed E-state index contributed by atoms with van der Waals surface area (Å²) >= 11 is 3.41. The minimum Gasteiger partial charge on any atom is -0.444 e. The number of carbonyl (C=O) groups excluding carboxylic acids is 1. The average Bonchev–Trinajstić information content (AvgIpc) is 2.76. The van der Waals surface area contributed by atoms with Crippen LogP contribution in [0.4, 0.5) is 4.79 Å². The van der Waals surface area contributed by atoms with Gasteiger partial charge in [0.15, 0.2) is 0 Å². The van der Waals surface area contributed by atoms with E-state index in [1.54, 1.807) is 27.0 Å². The van der Waals surface area contributed by atoms with E-state index in [9.17, 15) is 9.90 Å². The second-order valence-corrected chi connectivity index (χ2v) is 6.73. The quantitative estimate of drug-likeness (QED) is 0.789. The summed E-state index contributed by atoms with van der Waals surface area (Å²) in [6.45, 7) is 5.18. The molecule has 6 heteroatoms. The molecule has 0 bridgehead atoms. The summed E-state index contributed by atoms with van der Waals surface area (Å²) in [5.74, 6) is 0. The van der Waals surface area contributed by atoms with E-state index in [0.717, 1.165) is 20.9 Å². The summed E-state index contributed by atoms with van der Waals surface area (Å²) in [7, 11) is 0. The van der Waals surface area contributed by atoms with Crippen LogP contribution in [0.25, 0.3) is 10.9 Å². The number of carbonyl (C=O) groups is 1. The third-order valence-corrected chi connectivity index (χ3v) is 3.42. The Labute approximate surface area is 131 Å². The number of H-pyrrole nitrogens is 1. The van der Waals surface area contributed by atoms with Crippen molar-refractivity contribution in [1.29, 1.82) is 0 Å². The SMILES string of the molecule is CC(C)(C)OC(=O)NC(CO)c1c[nH]c2cc(Br)ccc12. The lowest BCUT2D eigenvalue weighted by Gasteiger charge is -2.22. The lowest BCUT2D eigenvalue weighted by atomic mass is 10.1. The van der Waals surface area contributed by atoms with E-state index in [0.29, 0.717) is 0 Å². The van der Waals surface area contributed by atoms with Crippen molar-refractivity contribution in [2.45, 2.75) is 32.4 Å². The van der Waals surface area contributed by atoms with Crippen molar-refractivity contribution in [3.63, 3.8) is 0 Å². The van der Waals surface area contributed by atoms with Crippen LogP contribution in [0.1, 0.15) is 32.4 Å². The van der Waals surface area contributed by atoms with Gasteiger partial charge < -0.3 is 20.1 Å². The highest BCUT2D eigenvalue weighted by molar-refractivity contribution is 9.10. The maximum Gasteiger partial charge on any atom is 0.408 e. The van der Waals surface area contributed by atoms with Gasteiger partial charge in [-0.15, -0.1) is 0 Å². The Morgan fingerprint density at radius 3 is 2.81 bits per heavy atom. The van der Waals surface area contributed by atoms with Crippen molar-refractivity contribution in [3.8, 4) is 0 Å². The van der Waals surface area contributed by atoms with E-state index in [4.69, 9.17) is 4.74 Å². The molecule has 1 heterocycles. The van der Waals surface area contributed by atoms with Gasteiger partial charge in [0.05, 0.1) is 12.6 Å². The smallest absolute Gasteiger partial charge is 0.408 e. The van der Waals surface area contributed by atoms with E-state index in [-0.39, 0.29) is 6.61 Å². The third kappa shape index (κ3) is 3.98. The Balaban J connectivity index is 2.22. The molecule has 1 atom stereocenters. The Kier molecular flexibility index (Phi) is 4.58. The molecule has 2 rings (SSSR count). The molecule has 0 radical (unpaired) electrons. The molecule has 1 unspecified atom stereocenters. The van der Waals surface area contributed by atoms with Crippen molar-refractivity contribution >= 4 is 32.9 Å². The van der Waals surface area contributed by atoms with E-state index in [1.807, 2.05) is 18.2 Å². The molecule has 1 aromatic carbocycles. The van der Waals surface area contributed by atoms with Gasteiger partial charge in [-0.25, -0.2) is 4.79 Å². The molecule has 0 fully saturated rings. The lowest BCUT2D eigenvalue weighted by molar-refractivity contribution is 0.0482. The van der Waals surface area contributed by atoms with Crippen molar-refractivity contribution in [2.75, 3.05) is 6.61 Å². The van der Waals surface area contributed by atoms with Crippen molar-refractivity contribution in [1.82, 2.24) is 10.3 Å². The van der Waals surface area contributed by atoms with Gasteiger partial charge in [0.25, 0.3) is 0 Å². The number of rotatable bonds is 3. The van der Waals surface area contributed by atoms with Crippen LogP contribution >= 0.6 is 15.9 Å². The standard InChI is InChI=1S/C15H19BrN2O3/c1-15(2,3)21-14(20)18-13(8-19)11-7-17-12-6-9(16)4-5-10(11)12/h4-7,13,17,19H,8H2,1-3H3,(H,18,20). The molecule has 21 heavy (non-hydrogen) atoms. The number of amides is 1. The first-order valence-corrected chi connectivity index (χ1v) is 7.46. The van der Waals surface area contributed by atoms with Gasteiger partial charge in [0.1, 0.15) is 5.60 Å². The number of hydrogen-bond acceptors (Lipinski definition) is 3. The zero-order valence-electron chi connectivity index (χ0n) is 12.2. The molecule has 0 aliphatic rings. The number of fused-ring (bicyclic) bond motifs is 1. The maximum absolute atomic E-state index is 11.9. The van der Waals surface area contributed by atoms with Crippen LogP contribution in [0.5, 0.6) is 0 Å². The fourth-order valence-corrected chi connectivity index (χ4v) is 2.44. The van der Waals surface area contributed by atoms with E-state index < -0.39 is 17.7 Å². The summed E-state index contributed by atoms with van der Waals surface area (Å²) in [5, 5.41) is 13.2. The van der Waals surface area contributed by atoms with Gasteiger partial charge in [-0.3, -0.25) is 0 Å². The first kappa shape index (κ1) is 15.9. The Morgan fingerprint density at radius 1 is 1.48 bits per heavy atom. The number of benzene rings is 1. The number of hydrogen-bond donors (Lipinski definition) is 3. The van der Waals surface area contributed by atoms with Crippen LogP contribution in [-0.4, -0.2) is 28.4 Å². The van der Waals surface area contributed by atoms with E-state index >= 15 is 0 Å². The summed E-state index contributed by atoms with van der Waals surface area (Å²) in [6, 6.07) is 5.28. The molecule has 2 aromatic rings. The van der Waals surface area contributed by atoms with Crippen molar-refractivity contribution in [3.05, 3.63) is 34.4 Å². The fraction of sp³-hybridized carbons (Fsp3) is 0.400. The van der Waals surface area contributed by atoms with Gasteiger partial charge in [0.2, 0.25) is 0 Å². The van der Waals surface area contributed by atoms with Gasteiger partial charge >= 0.3 is 6.09 Å². The highest BCUT2D eigenvalue weighted by Crippen LogP contribution is 2.26. The fourth-order valence-electron chi connectivity index (χ4n) is 2.08. The van der Waals surface area contributed by atoms with E-state index in [1.165, 1.54) is 0 Å². The second-order valence-electron chi connectivity index (χ2n) is 5.82. The van der Waals surface area contributed by atoms with Gasteiger partial charge in [-0.05, 0) is 32.9 Å². The zero-order valence-corrected chi connectivity index (χ0v) is 13.8. The number of ether oxygens (including phenoxy) is 1. The predicted octanol–water partition coefficient (Wildman–Crippen LogP) is 3.49. The molecular formula is C15H19BrN2O3. The third-order valence-electron chi connectivity index (χ3n) is 2.92. The Bertz CT molecular complexity index is 646. The molecule has 0 aliphatic carbocycles. The van der Waals surface area contributed by atoms with Crippen LogP contribution in [0.2, 0.25) is 0 Å². The van der Waals surface area contributed by atoms with Gasteiger partial charge in [-0.2, -0.15) is 0 Å². The number of aliphatic hydroxyl groups is 1. The van der Waals surface area contributed by atoms with Crippen LogP contribution < -0.4 is 5.32 Å². The van der Waals surface area contributed by atoms with Gasteiger partial charge in [-0.1, -0.05) is 22.0 Å². The summed E-state index contributed by atoms with van der Waals surface area (Å²) in [4.78, 5) is 15.0. The summed E-state index contributed by atoms with van der Waals surface area (Å²) in [6.07, 6.45) is 1.24. The molecule has 1 amide bonds. The minimum absolute atomic E-state index is 0.206. The topological polar surface area (TPSA) is 74.3 Å². The van der Waals surface area contributed by atoms with Crippen LogP contribution in [-0.2, 0) is 4.74 Å². The average molecular weight is 355 g/mol. The molecule has 1 aromatic heterocycles.